The number of amides is 2. The normalized spacial score (nSPS) is 11.9. The zero-order chi connectivity index (χ0) is 29.1. The van der Waals surface area contributed by atoms with Gasteiger partial charge in [-0.3, -0.25) is 13.9 Å². The van der Waals surface area contributed by atoms with Crippen molar-refractivity contribution in [2.24, 2.45) is 0 Å². The topological polar surface area (TPSA) is 96.0 Å². The van der Waals surface area contributed by atoms with Gasteiger partial charge < -0.3 is 15.0 Å². The number of anilines is 1. The number of sulfonamides is 1. The predicted octanol–water partition coefficient (Wildman–Crippen LogP) is 4.67. The molecule has 0 aliphatic rings. The van der Waals surface area contributed by atoms with Crippen LogP contribution in [0.1, 0.15) is 30.9 Å². The number of methoxy groups -OCH3 is 1. The second kappa shape index (κ2) is 14.7. The maximum absolute atomic E-state index is 13.8. The van der Waals surface area contributed by atoms with Crippen LogP contribution in [0.25, 0.3) is 0 Å². The average Bonchev–Trinajstić information content (AvgIpc) is 2.94. The van der Waals surface area contributed by atoms with Gasteiger partial charge in [-0.05, 0) is 48.7 Å². The summed E-state index contributed by atoms with van der Waals surface area (Å²) in [6.45, 7) is 2.53. The summed E-state index contributed by atoms with van der Waals surface area (Å²) in [7, 11) is -2.17. The standard InChI is InChI=1S/C30H36ClN3O5S/c1-4-32-30(36)27(21-23-11-6-5-7-12-23)33(22-24-16-18-25(31)19-17-24)29(35)15-10-20-34(40(3,37)38)26-13-8-9-14-28(26)39-2/h5-9,11-14,16-19,27H,4,10,15,20-22H2,1-3H3,(H,32,36)/t27-/m1/s1. The van der Waals surface area contributed by atoms with E-state index >= 15 is 0 Å². The Balaban J connectivity index is 1.87. The number of para-hydroxylation sites is 2. The molecule has 0 unspecified atom stereocenters. The van der Waals surface area contributed by atoms with Crippen LogP contribution in [0.4, 0.5) is 5.69 Å². The molecular weight excluding hydrogens is 550 g/mol. The van der Waals surface area contributed by atoms with Crippen molar-refractivity contribution < 1.29 is 22.7 Å². The molecule has 0 saturated carbocycles. The smallest absolute Gasteiger partial charge is 0.243 e. The second-order valence-electron chi connectivity index (χ2n) is 9.36. The average molecular weight is 586 g/mol. The zero-order valence-corrected chi connectivity index (χ0v) is 24.6. The van der Waals surface area contributed by atoms with E-state index in [1.807, 2.05) is 49.4 Å². The number of benzene rings is 3. The molecule has 0 heterocycles. The van der Waals surface area contributed by atoms with Crippen LogP contribution in [0.3, 0.4) is 0 Å². The van der Waals surface area contributed by atoms with Crippen LogP contribution in [0.5, 0.6) is 5.75 Å². The minimum atomic E-state index is -3.65. The van der Waals surface area contributed by atoms with Gasteiger partial charge >= 0.3 is 0 Å². The van der Waals surface area contributed by atoms with Gasteiger partial charge in [0.2, 0.25) is 21.8 Å². The summed E-state index contributed by atoms with van der Waals surface area (Å²) in [5.41, 5.74) is 2.15. The molecule has 0 bridgehead atoms. The Hall–Kier alpha value is -3.56. The highest BCUT2D eigenvalue weighted by Crippen LogP contribution is 2.30. The summed E-state index contributed by atoms with van der Waals surface area (Å²) in [6, 6.07) is 22.8. The third-order valence-electron chi connectivity index (χ3n) is 6.39. The molecule has 3 rings (SSSR count). The van der Waals surface area contributed by atoms with E-state index in [0.29, 0.717) is 29.4 Å². The first-order valence-electron chi connectivity index (χ1n) is 13.1. The van der Waals surface area contributed by atoms with Crippen LogP contribution in [-0.2, 0) is 32.6 Å². The summed E-state index contributed by atoms with van der Waals surface area (Å²) in [6.07, 6.45) is 1.75. The molecule has 2 amide bonds. The molecule has 3 aromatic carbocycles. The van der Waals surface area contributed by atoms with Crippen LogP contribution >= 0.6 is 11.6 Å². The molecule has 0 aliphatic heterocycles. The Morgan fingerprint density at radius 1 is 0.950 bits per heavy atom. The lowest BCUT2D eigenvalue weighted by molar-refractivity contribution is -0.141. The largest absolute Gasteiger partial charge is 0.495 e. The van der Waals surface area contributed by atoms with Crippen molar-refractivity contribution in [2.45, 2.75) is 38.8 Å². The summed E-state index contributed by atoms with van der Waals surface area (Å²) < 4.78 is 31.9. The van der Waals surface area contributed by atoms with Gasteiger partial charge in [-0.15, -0.1) is 0 Å². The highest BCUT2D eigenvalue weighted by Gasteiger charge is 2.30. The van der Waals surface area contributed by atoms with Gasteiger partial charge in [-0.2, -0.15) is 0 Å². The summed E-state index contributed by atoms with van der Waals surface area (Å²) in [4.78, 5) is 28.6. The van der Waals surface area contributed by atoms with Gasteiger partial charge in [-0.1, -0.05) is 66.2 Å². The number of ether oxygens (including phenoxy) is 1. The number of hydrogen-bond acceptors (Lipinski definition) is 5. The molecular formula is C30H36ClN3O5S. The number of likely N-dealkylation sites (N-methyl/N-ethyl adjacent to an activating group) is 1. The lowest BCUT2D eigenvalue weighted by Crippen LogP contribution is -2.50. The predicted molar refractivity (Wildman–Crippen MR) is 159 cm³/mol. The number of hydrogen-bond donors (Lipinski definition) is 1. The molecule has 0 aromatic heterocycles. The van der Waals surface area contributed by atoms with Gasteiger partial charge in [0.15, 0.2) is 0 Å². The van der Waals surface area contributed by atoms with E-state index in [0.717, 1.165) is 17.4 Å². The zero-order valence-electron chi connectivity index (χ0n) is 23.0. The summed E-state index contributed by atoms with van der Waals surface area (Å²) >= 11 is 6.07. The Labute approximate surface area is 241 Å². The third kappa shape index (κ3) is 8.72. The van der Waals surface area contributed by atoms with Crippen LogP contribution in [0.2, 0.25) is 5.02 Å². The fraction of sp³-hybridized carbons (Fsp3) is 0.333. The van der Waals surface area contributed by atoms with Crippen LogP contribution in [0, 0.1) is 0 Å². The van der Waals surface area contributed by atoms with Crippen molar-refractivity contribution in [3.63, 3.8) is 0 Å². The molecule has 8 nitrogen and oxygen atoms in total. The van der Waals surface area contributed by atoms with Gasteiger partial charge in [0, 0.05) is 37.5 Å². The lowest BCUT2D eigenvalue weighted by atomic mass is 10.0. The molecule has 40 heavy (non-hydrogen) atoms. The Bertz CT molecular complexity index is 1370. The minimum Gasteiger partial charge on any atom is -0.495 e. The van der Waals surface area contributed by atoms with Crippen LogP contribution in [0.15, 0.2) is 78.9 Å². The lowest BCUT2D eigenvalue weighted by Gasteiger charge is -2.32. The molecule has 0 saturated heterocycles. The molecule has 0 spiro atoms. The number of nitrogens with one attached hydrogen (secondary N) is 1. The monoisotopic (exact) mass is 585 g/mol. The van der Waals surface area contributed by atoms with E-state index in [4.69, 9.17) is 16.3 Å². The van der Waals surface area contributed by atoms with Crippen LogP contribution in [-0.4, -0.2) is 57.6 Å². The molecule has 1 N–H and O–H groups in total. The van der Waals surface area contributed by atoms with Gasteiger partial charge in [-0.25, -0.2) is 8.42 Å². The van der Waals surface area contributed by atoms with E-state index in [-0.39, 0.29) is 37.7 Å². The molecule has 0 aliphatic carbocycles. The number of halogens is 1. The van der Waals surface area contributed by atoms with Crippen LogP contribution < -0.4 is 14.4 Å². The number of carbonyl (C=O) groups is 2. The number of carbonyl (C=O) groups excluding carboxylic acids is 2. The molecule has 1 atom stereocenters. The van der Waals surface area contributed by atoms with E-state index in [2.05, 4.69) is 5.32 Å². The van der Waals surface area contributed by atoms with E-state index in [1.54, 1.807) is 41.3 Å². The highest BCUT2D eigenvalue weighted by atomic mass is 35.5. The third-order valence-corrected chi connectivity index (χ3v) is 7.83. The van der Waals surface area contributed by atoms with Crippen molar-refractivity contribution in [1.29, 1.82) is 0 Å². The molecule has 3 aromatic rings. The summed E-state index contributed by atoms with van der Waals surface area (Å²) in [5, 5.41) is 3.44. The first-order chi connectivity index (χ1) is 19.1. The maximum Gasteiger partial charge on any atom is 0.243 e. The minimum absolute atomic E-state index is 0.0411. The molecule has 214 valence electrons. The Morgan fingerprint density at radius 3 is 2.23 bits per heavy atom. The summed E-state index contributed by atoms with van der Waals surface area (Å²) in [5.74, 6) is -0.0844. The molecule has 0 fully saturated rings. The van der Waals surface area contributed by atoms with E-state index in [9.17, 15) is 18.0 Å². The fourth-order valence-corrected chi connectivity index (χ4v) is 5.55. The van der Waals surface area contributed by atoms with Crippen molar-refractivity contribution in [2.75, 3.05) is 30.8 Å². The van der Waals surface area contributed by atoms with Gasteiger partial charge in [0.25, 0.3) is 0 Å². The van der Waals surface area contributed by atoms with Gasteiger partial charge in [0.05, 0.1) is 19.1 Å². The van der Waals surface area contributed by atoms with Crippen molar-refractivity contribution in [3.05, 3.63) is 95.0 Å². The highest BCUT2D eigenvalue weighted by molar-refractivity contribution is 7.92. The number of rotatable bonds is 14. The van der Waals surface area contributed by atoms with E-state index in [1.165, 1.54) is 11.4 Å². The first kappa shape index (κ1) is 31.0. The molecule has 0 radical (unpaired) electrons. The van der Waals surface area contributed by atoms with E-state index < -0.39 is 16.1 Å². The SMILES string of the molecule is CCNC(=O)[C@@H](Cc1ccccc1)N(Cc1ccc(Cl)cc1)C(=O)CCCN(c1ccccc1OC)S(C)(=O)=O. The fourth-order valence-electron chi connectivity index (χ4n) is 4.45. The second-order valence-corrected chi connectivity index (χ2v) is 11.7. The van der Waals surface area contributed by atoms with Gasteiger partial charge in [0.1, 0.15) is 11.8 Å². The molecule has 10 heteroatoms. The Kier molecular flexibility index (Phi) is 11.4. The quantitative estimate of drug-likeness (QED) is 0.297. The maximum atomic E-state index is 13.8. The Morgan fingerprint density at radius 2 is 1.60 bits per heavy atom. The van der Waals surface area contributed by atoms with Crippen molar-refractivity contribution in [1.82, 2.24) is 10.2 Å². The van der Waals surface area contributed by atoms with Crippen molar-refractivity contribution in [3.8, 4) is 5.75 Å². The number of nitrogens with zero attached hydrogens (tertiary/aromatic N) is 2. The van der Waals surface area contributed by atoms with Crippen molar-refractivity contribution >= 4 is 39.1 Å². The first-order valence-corrected chi connectivity index (χ1v) is 15.3.